The third-order valence-electron chi connectivity index (χ3n) is 5.27. The van der Waals surface area contributed by atoms with Crippen molar-refractivity contribution in [2.75, 3.05) is 26.2 Å². The number of nitrogens with zero attached hydrogens (tertiary/aromatic N) is 2. The number of alkyl halides is 3. The summed E-state index contributed by atoms with van der Waals surface area (Å²) in [5.74, 6) is 0. The van der Waals surface area contributed by atoms with Crippen LogP contribution < -0.4 is 0 Å². The highest BCUT2D eigenvalue weighted by atomic mass is 32.1. The molecule has 0 saturated carbocycles. The molecular weight excluding hydrogens is 450 g/mol. The van der Waals surface area contributed by atoms with Gasteiger partial charge in [0.2, 0.25) is 0 Å². The van der Waals surface area contributed by atoms with Gasteiger partial charge in [-0.25, -0.2) is 4.98 Å². The highest BCUT2D eigenvalue weighted by molar-refractivity contribution is 7.80. The first-order chi connectivity index (χ1) is 15.1. The number of rotatable bonds is 6. The van der Waals surface area contributed by atoms with Gasteiger partial charge in [0, 0.05) is 34.7 Å². The zero-order valence-corrected chi connectivity index (χ0v) is 20.0. The lowest BCUT2D eigenvalue weighted by molar-refractivity contribution is -0.144. The van der Waals surface area contributed by atoms with Gasteiger partial charge >= 0.3 is 6.18 Å². The lowest BCUT2D eigenvalue weighted by Gasteiger charge is -2.26. The van der Waals surface area contributed by atoms with Crippen molar-refractivity contribution in [3.8, 4) is 11.1 Å². The number of pyridine rings is 1. The molecule has 0 unspecified atom stereocenters. The normalized spacial score (nSPS) is 12.5. The lowest BCUT2D eigenvalue weighted by atomic mass is 9.97. The Balaban J connectivity index is 1.89. The summed E-state index contributed by atoms with van der Waals surface area (Å²) < 4.78 is 39.7. The zero-order valence-electron chi connectivity index (χ0n) is 18.2. The van der Waals surface area contributed by atoms with E-state index in [1.54, 1.807) is 6.20 Å². The first-order valence-electron chi connectivity index (χ1n) is 10.2. The molecule has 8 heteroatoms. The van der Waals surface area contributed by atoms with Gasteiger partial charge in [-0.3, -0.25) is 4.90 Å². The van der Waals surface area contributed by atoms with Gasteiger partial charge in [0.1, 0.15) is 5.65 Å². The molecule has 3 nitrogen and oxygen atoms in total. The fraction of sp³-hybridized carbons (Fsp3) is 0.292. The number of aromatic amines is 1. The average molecular weight is 476 g/mol. The Morgan fingerprint density at radius 3 is 2.59 bits per heavy atom. The SMILES string of the molecule is Cc1cnc2[nH]c3c(CN(CP(C)C)CC(F)(F)F)ccc(-c4cccc(S)c4)c3c2c1. The monoisotopic (exact) mass is 475 g/mol. The molecule has 0 amide bonds. The highest BCUT2D eigenvalue weighted by Gasteiger charge is 2.31. The minimum absolute atomic E-state index is 0.217. The summed E-state index contributed by atoms with van der Waals surface area (Å²) in [4.78, 5) is 10.3. The minimum Gasteiger partial charge on any atom is -0.339 e. The van der Waals surface area contributed by atoms with Gasteiger partial charge in [0.15, 0.2) is 0 Å². The molecule has 0 bridgehead atoms. The quantitative estimate of drug-likeness (QED) is 0.231. The molecule has 4 rings (SSSR count). The van der Waals surface area contributed by atoms with Crippen LogP contribution >= 0.6 is 20.6 Å². The molecule has 0 spiro atoms. The number of hydrogen-bond acceptors (Lipinski definition) is 3. The van der Waals surface area contributed by atoms with E-state index in [2.05, 4.69) is 28.7 Å². The molecule has 32 heavy (non-hydrogen) atoms. The predicted molar refractivity (Wildman–Crippen MR) is 131 cm³/mol. The molecule has 0 saturated heterocycles. The Hall–Kier alpha value is -2.08. The summed E-state index contributed by atoms with van der Waals surface area (Å²) in [5.41, 5.74) is 5.45. The van der Waals surface area contributed by atoms with Gasteiger partial charge in [-0.15, -0.1) is 12.6 Å². The number of hydrogen-bond donors (Lipinski definition) is 2. The Kier molecular flexibility index (Phi) is 6.53. The van der Waals surface area contributed by atoms with Crippen molar-refractivity contribution in [3.05, 3.63) is 59.8 Å². The first kappa shape index (κ1) is 23.1. The van der Waals surface area contributed by atoms with Crippen molar-refractivity contribution < 1.29 is 13.2 Å². The van der Waals surface area contributed by atoms with Gasteiger partial charge in [-0.1, -0.05) is 32.2 Å². The Labute approximate surface area is 192 Å². The molecule has 4 aromatic rings. The molecule has 0 aliphatic heterocycles. The molecule has 0 aliphatic rings. The molecule has 0 aliphatic carbocycles. The number of aryl methyl sites for hydroxylation is 1. The van der Waals surface area contributed by atoms with E-state index in [-0.39, 0.29) is 6.54 Å². The van der Waals surface area contributed by atoms with Crippen LogP contribution in [-0.2, 0) is 6.54 Å². The van der Waals surface area contributed by atoms with Gasteiger partial charge in [-0.2, -0.15) is 13.2 Å². The summed E-state index contributed by atoms with van der Waals surface area (Å²) in [6.45, 7) is 5.28. The second kappa shape index (κ2) is 9.05. The van der Waals surface area contributed by atoms with Crippen molar-refractivity contribution >= 4 is 42.5 Å². The standard InChI is InChI=1S/C24H25F3N3PS/c1-15-9-20-21-19(16-5-4-6-18(32)10-16)8-7-17(22(21)29-23(20)28-11-15)12-30(14-31(2)3)13-24(25,26)27/h4-11,32H,12-14H2,1-3H3,(H,28,29). The summed E-state index contributed by atoms with van der Waals surface area (Å²) in [7, 11) is -0.507. The van der Waals surface area contributed by atoms with Crippen molar-refractivity contribution in [2.24, 2.45) is 0 Å². The molecule has 2 heterocycles. The van der Waals surface area contributed by atoms with Crippen LogP contribution in [0.1, 0.15) is 11.1 Å². The molecule has 0 fully saturated rings. The number of H-pyrrole nitrogens is 1. The number of halogens is 3. The van der Waals surface area contributed by atoms with E-state index in [9.17, 15) is 13.2 Å². The van der Waals surface area contributed by atoms with Crippen LogP contribution in [0.25, 0.3) is 33.1 Å². The van der Waals surface area contributed by atoms with E-state index < -0.39 is 20.6 Å². The van der Waals surface area contributed by atoms with E-state index in [0.717, 1.165) is 49.1 Å². The summed E-state index contributed by atoms with van der Waals surface area (Å²) in [6, 6.07) is 13.9. The average Bonchev–Trinajstić information content (AvgIpc) is 3.05. The second-order valence-electron chi connectivity index (χ2n) is 8.43. The number of aromatic nitrogens is 2. The Morgan fingerprint density at radius 1 is 1.12 bits per heavy atom. The van der Waals surface area contributed by atoms with Crippen LogP contribution in [-0.4, -0.2) is 47.2 Å². The van der Waals surface area contributed by atoms with Crippen LogP contribution in [0.2, 0.25) is 0 Å². The van der Waals surface area contributed by atoms with Gasteiger partial charge < -0.3 is 4.98 Å². The van der Waals surface area contributed by atoms with Crippen LogP contribution in [0.15, 0.2) is 53.6 Å². The maximum Gasteiger partial charge on any atom is 0.401 e. The van der Waals surface area contributed by atoms with E-state index in [1.165, 1.54) is 4.90 Å². The topological polar surface area (TPSA) is 31.9 Å². The molecule has 168 valence electrons. The van der Waals surface area contributed by atoms with Gasteiger partial charge in [-0.05, 0) is 60.7 Å². The second-order valence-corrected chi connectivity index (χ2v) is 11.4. The summed E-state index contributed by atoms with van der Waals surface area (Å²) in [5, 5.41) is 1.95. The Morgan fingerprint density at radius 2 is 1.91 bits per heavy atom. The maximum atomic E-state index is 13.2. The molecule has 2 aromatic heterocycles. The summed E-state index contributed by atoms with van der Waals surface area (Å²) >= 11 is 4.48. The molecule has 2 aromatic carbocycles. The van der Waals surface area contributed by atoms with Crippen molar-refractivity contribution in [3.63, 3.8) is 0 Å². The van der Waals surface area contributed by atoms with Crippen LogP contribution in [0.4, 0.5) is 13.2 Å². The van der Waals surface area contributed by atoms with Crippen molar-refractivity contribution in [1.82, 2.24) is 14.9 Å². The summed E-state index contributed by atoms with van der Waals surface area (Å²) in [6.07, 6.45) is -2.02. The first-order valence-corrected chi connectivity index (χ1v) is 13.1. The number of benzene rings is 2. The van der Waals surface area contributed by atoms with E-state index in [0.29, 0.717) is 6.29 Å². The number of thiol groups is 1. The Bertz CT molecular complexity index is 1270. The van der Waals surface area contributed by atoms with Gasteiger partial charge in [0.25, 0.3) is 0 Å². The highest BCUT2D eigenvalue weighted by Crippen LogP contribution is 2.38. The molecular formula is C24H25F3N3PS. The van der Waals surface area contributed by atoms with E-state index in [1.807, 2.05) is 56.7 Å². The molecule has 1 N–H and O–H groups in total. The van der Waals surface area contributed by atoms with Crippen LogP contribution in [0.5, 0.6) is 0 Å². The maximum absolute atomic E-state index is 13.2. The third kappa shape index (κ3) is 5.11. The fourth-order valence-electron chi connectivity index (χ4n) is 4.14. The zero-order chi connectivity index (χ0) is 23.0. The molecule has 0 radical (unpaired) electrons. The van der Waals surface area contributed by atoms with E-state index in [4.69, 9.17) is 0 Å². The van der Waals surface area contributed by atoms with E-state index >= 15 is 0 Å². The number of nitrogens with one attached hydrogen (secondary N) is 1. The number of fused-ring (bicyclic) bond motifs is 3. The van der Waals surface area contributed by atoms with Crippen LogP contribution in [0, 0.1) is 6.92 Å². The van der Waals surface area contributed by atoms with Crippen LogP contribution in [0.3, 0.4) is 0 Å². The minimum atomic E-state index is -4.24. The van der Waals surface area contributed by atoms with Crippen molar-refractivity contribution in [1.29, 1.82) is 0 Å². The predicted octanol–water partition coefficient (Wildman–Crippen LogP) is 7.04. The smallest absolute Gasteiger partial charge is 0.339 e. The molecule has 0 atom stereocenters. The largest absolute Gasteiger partial charge is 0.401 e. The fourth-order valence-corrected chi connectivity index (χ4v) is 5.37. The van der Waals surface area contributed by atoms with Crippen molar-refractivity contribution in [2.45, 2.75) is 24.5 Å². The lowest BCUT2D eigenvalue weighted by Crippen LogP contribution is -2.34. The van der Waals surface area contributed by atoms with Gasteiger partial charge in [0.05, 0.1) is 12.1 Å². The third-order valence-corrected chi connectivity index (χ3v) is 6.51.